The van der Waals surface area contributed by atoms with Crippen molar-refractivity contribution in [1.29, 1.82) is 0 Å². The van der Waals surface area contributed by atoms with Crippen LogP contribution in [0, 0.1) is 0 Å². The highest BCUT2D eigenvalue weighted by Gasteiger charge is 2.39. The van der Waals surface area contributed by atoms with E-state index in [0.717, 1.165) is 30.6 Å². The van der Waals surface area contributed by atoms with Crippen molar-refractivity contribution in [2.75, 3.05) is 0 Å². The Balaban J connectivity index is 0.00000169. The SMILES string of the molecule is Cl.NC1(c2noc(-c3cccc(OCc4cccs4)c3)n2)CCC1. The van der Waals surface area contributed by atoms with Gasteiger partial charge in [-0.1, -0.05) is 17.3 Å². The molecule has 0 spiro atoms. The fraction of sp³-hybridized carbons (Fsp3) is 0.294. The summed E-state index contributed by atoms with van der Waals surface area (Å²) in [7, 11) is 0. The van der Waals surface area contributed by atoms with Crippen molar-refractivity contribution < 1.29 is 9.26 Å². The molecule has 1 aromatic carbocycles. The number of benzene rings is 1. The van der Waals surface area contributed by atoms with Gasteiger partial charge in [0.15, 0.2) is 5.82 Å². The molecule has 2 N–H and O–H groups in total. The van der Waals surface area contributed by atoms with Crippen molar-refractivity contribution in [3.63, 3.8) is 0 Å². The van der Waals surface area contributed by atoms with Crippen LogP contribution in [0.3, 0.4) is 0 Å². The van der Waals surface area contributed by atoms with Crippen LogP contribution < -0.4 is 10.5 Å². The number of rotatable bonds is 5. The number of ether oxygens (including phenoxy) is 1. The highest BCUT2D eigenvalue weighted by atomic mass is 35.5. The summed E-state index contributed by atoms with van der Waals surface area (Å²) >= 11 is 1.68. The lowest BCUT2D eigenvalue weighted by Gasteiger charge is -2.34. The predicted molar refractivity (Wildman–Crippen MR) is 95.3 cm³/mol. The van der Waals surface area contributed by atoms with Gasteiger partial charge in [0.05, 0.1) is 5.54 Å². The van der Waals surface area contributed by atoms with Gasteiger partial charge in [-0.15, -0.1) is 23.7 Å². The van der Waals surface area contributed by atoms with E-state index < -0.39 is 5.54 Å². The molecule has 0 radical (unpaired) electrons. The Kier molecular flexibility index (Phi) is 4.89. The number of nitrogens with zero attached hydrogens (tertiary/aromatic N) is 2. The topological polar surface area (TPSA) is 74.2 Å². The van der Waals surface area contributed by atoms with E-state index in [1.165, 1.54) is 4.88 Å². The lowest BCUT2D eigenvalue weighted by atomic mass is 9.77. The second-order valence-electron chi connectivity index (χ2n) is 5.83. The van der Waals surface area contributed by atoms with Gasteiger partial charge in [-0.05, 0) is 48.9 Å². The first-order valence-corrected chi connectivity index (χ1v) is 8.50. The van der Waals surface area contributed by atoms with Crippen molar-refractivity contribution in [2.45, 2.75) is 31.4 Å². The van der Waals surface area contributed by atoms with E-state index in [2.05, 4.69) is 16.2 Å². The normalized spacial score (nSPS) is 15.4. The minimum atomic E-state index is -0.408. The monoisotopic (exact) mass is 363 g/mol. The number of thiophene rings is 1. The average molecular weight is 364 g/mol. The van der Waals surface area contributed by atoms with Crippen molar-refractivity contribution in [1.82, 2.24) is 10.1 Å². The first-order valence-electron chi connectivity index (χ1n) is 7.62. The van der Waals surface area contributed by atoms with Gasteiger partial charge in [-0.3, -0.25) is 0 Å². The van der Waals surface area contributed by atoms with Crippen molar-refractivity contribution >= 4 is 23.7 Å². The fourth-order valence-electron chi connectivity index (χ4n) is 2.59. The van der Waals surface area contributed by atoms with E-state index in [-0.39, 0.29) is 12.4 Å². The minimum absolute atomic E-state index is 0. The maximum Gasteiger partial charge on any atom is 0.258 e. The molecule has 1 saturated carbocycles. The van der Waals surface area contributed by atoms with Gasteiger partial charge in [0.2, 0.25) is 0 Å². The predicted octanol–water partition coefficient (Wildman–Crippen LogP) is 4.14. The molecule has 24 heavy (non-hydrogen) atoms. The molecule has 126 valence electrons. The van der Waals surface area contributed by atoms with E-state index in [1.54, 1.807) is 11.3 Å². The molecule has 0 unspecified atom stereocenters. The summed E-state index contributed by atoms with van der Waals surface area (Å²) in [5.74, 6) is 1.86. The van der Waals surface area contributed by atoms with E-state index in [0.29, 0.717) is 18.3 Å². The molecule has 3 aromatic rings. The van der Waals surface area contributed by atoms with E-state index in [4.69, 9.17) is 15.0 Å². The molecule has 1 fully saturated rings. The zero-order valence-corrected chi connectivity index (χ0v) is 14.6. The van der Waals surface area contributed by atoms with Gasteiger partial charge in [0, 0.05) is 10.4 Å². The van der Waals surface area contributed by atoms with Crippen LogP contribution >= 0.6 is 23.7 Å². The Morgan fingerprint density at radius 3 is 2.83 bits per heavy atom. The Morgan fingerprint density at radius 1 is 1.25 bits per heavy atom. The van der Waals surface area contributed by atoms with Gasteiger partial charge < -0.3 is 15.0 Å². The zero-order valence-electron chi connectivity index (χ0n) is 13.0. The molecule has 0 atom stereocenters. The number of halogens is 1. The molecule has 1 aliphatic rings. The molecule has 1 aliphatic carbocycles. The molecule has 7 heteroatoms. The summed E-state index contributed by atoms with van der Waals surface area (Å²) in [5, 5.41) is 6.09. The average Bonchev–Trinajstić information content (AvgIpc) is 3.22. The third kappa shape index (κ3) is 3.31. The van der Waals surface area contributed by atoms with E-state index in [1.807, 2.05) is 35.7 Å². The van der Waals surface area contributed by atoms with Gasteiger partial charge in [-0.2, -0.15) is 4.98 Å². The Morgan fingerprint density at radius 2 is 2.12 bits per heavy atom. The third-order valence-electron chi connectivity index (χ3n) is 4.16. The summed E-state index contributed by atoms with van der Waals surface area (Å²) in [6.45, 7) is 0.558. The van der Waals surface area contributed by atoms with Gasteiger partial charge in [-0.25, -0.2) is 0 Å². The lowest BCUT2D eigenvalue weighted by molar-refractivity contribution is 0.229. The number of hydrogen-bond donors (Lipinski definition) is 1. The largest absolute Gasteiger partial charge is 0.488 e. The molecule has 0 saturated heterocycles. The molecular weight excluding hydrogens is 346 g/mol. The van der Waals surface area contributed by atoms with E-state index >= 15 is 0 Å². The standard InChI is InChI=1S/C17H17N3O2S.ClH/c18-17(7-3-8-17)16-19-15(22-20-16)12-4-1-5-13(10-12)21-11-14-6-2-9-23-14;/h1-2,4-6,9-10H,3,7-8,11,18H2;1H. The lowest BCUT2D eigenvalue weighted by Crippen LogP contribution is -2.44. The Bertz CT molecular complexity index is 800. The summed E-state index contributed by atoms with van der Waals surface area (Å²) in [5.41, 5.74) is 6.67. The molecule has 4 rings (SSSR count). The quantitative estimate of drug-likeness (QED) is 0.737. The van der Waals surface area contributed by atoms with Crippen LogP contribution in [0.25, 0.3) is 11.5 Å². The number of hydrogen-bond acceptors (Lipinski definition) is 6. The van der Waals surface area contributed by atoms with Crippen LogP contribution in [0.1, 0.15) is 30.0 Å². The van der Waals surface area contributed by atoms with E-state index in [9.17, 15) is 0 Å². The Labute approximate surface area is 150 Å². The van der Waals surface area contributed by atoms with Gasteiger partial charge in [0.25, 0.3) is 5.89 Å². The second kappa shape index (κ2) is 6.93. The van der Waals surface area contributed by atoms with Crippen LogP contribution in [-0.2, 0) is 12.1 Å². The molecule has 2 aromatic heterocycles. The number of nitrogens with two attached hydrogens (primary N) is 1. The summed E-state index contributed by atoms with van der Waals surface area (Å²) < 4.78 is 11.2. The summed E-state index contributed by atoms with van der Waals surface area (Å²) in [4.78, 5) is 5.65. The molecular formula is C17H18ClN3O2S. The van der Waals surface area contributed by atoms with Crippen LogP contribution in [0.5, 0.6) is 5.75 Å². The van der Waals surface area contributed by atoms with Crippen LogP contribution in [0.4, 0.5) is 0 Å². The van der Waals surface area contributed by atoms with Crippen LogP contribution in [0.2, 0.25) is 0 Å². The fourth-order valence-corrected chi connectivity index (χ4v) is 3.21. The highest BCUT2D eigenvalue weighted by Crippen LogP contribution is 2.37. The maximum absolute atomic E-state index is 6.24. The first kappa shape index (κ1) is 17.0. The molecule has 0 bridgehead atoms. The smallest absolute Gasteiger partial charge is 0.258 e. The maximum atomic E-state index is 6.24. The second-order valence-corrected chi connectivity index (χ2v) is 6.86. The van der Waals surface area contributed by atoms with Crippen molar-refractivity contribution in [3.8, 4) is 17.2 Å². The van der Waals surface area contributed by atoms with Crippen molar-refractivity contribution in [3.05, 3.63) is 52.5 Å². The summed E-state index contributed by atoms with van der Waals surface area (Å²) in [6.07, 6.45) is 2.94. The summed E-state index contributed by atoms with van der Waals surface area (Å²) in [6, 6.07) is 11.8. The zero-order chi connectivity index (χ0) is 15.7. The van der Waals surface area contributed by atoms with Gasteiger partial charge in [0.1, 0.15) is 12.4 Å². The minimum Gasteiger partial charge on any atom is -0.488 e. The Hall–Kier alpha value is -1.89. The number of aromatic nitrogens is 2. The highest BCUT2D eigenvalue weighted by molar-refractivity contribution is 7.09. The molecule has 2 heterocycles. The molecule has 5 nitrogen and oxygen atoms in total. The first-order chi connectivity index (χ1) is 11.2. The van der Waals surface area contributed by atoms with Gasteiger partial charge >= 0.3 is 0 Å². The van der Waals surface area contributed by atoms with Crippen LogP contribution in [0.15, 0.2) is 46.3 Å². The van der Waals surface area contributed by atoms with Crippen molar-refractivity contribution in [2.24, 2.45) is 5.73 Å². The molecule has 0 aliphatic heterocycles. The molecule has 0 amide bonds. The van der Waals surface area contributed by atoms with Crippen LogP contribution in [-0.4, -0.2) is 10.1 Å². The third-order valence-corrected chi connectivity index (χ3v) is 5.01.